The average molecular weight is 300 g/mol. The molecule has 0 amide bonds. The standard InChI is InChI=1S/C17H24N4O/c1-2-3-7-16(22)14-20-9-5-10-21(12-11-20)17-15(13-18)6-4-8-19-17/h2,4,6,8,16,22H,1,3,5,7,9-12,14H2. The van der Waals surface area contributed by atoms with Crippen molar-refractivity contribution in [2.24, 2.45) is 0 Å². The quantitative estimate of drug-likeness (QED) is 0.812. The molecule has 1 aliphatic heterocycles. The molecule has 118 valence electrons. The summed E-state index contributed by atoms with van der Waals surface area (Å²) < 4.78 is 0. The van der Waals surface area contributed by atoms with Crippen molar-refractivity contribution in [2.75, 3.05) is 37.6 Å². The van der Waals surface area contributed by atoms with E-state index in [-0.39, 0.29) is 6.10 Å². The first-order chi connectivity index (χ1) is 10.7. The van der Waals surface area contributed by atoms with E-state index >= 15 is 0 Å². The predicted molar refractivity (Wildman–Crippen MR) is 87.7 cm³/mol. The maximum Gasteiger partial charge on any atom is 0.146 e. The number of hydrogen-bond acceptors (Lipinski definition) is 5. The zero-order chi connectivity index (χ0) is 15.8. The third-order valence-corrected chi connectivity index (χ3v) is 3.97. The lowest BCUT2D eigenvalue weighted by Crippen LogP contribution is -2.36. The van der Waals surface area contributed by atoms with Gasteiger partial charge in [0, 0.05) is 32.4 Å². The molecule has 1 saturated heterocycles. The molecule has 1 atom stereocenters. The number of aliphatic hydroxyl groups excluding tert-OH is 1. The molecular weight excluding hydrogens is 276 g/mol. The molecule has 0 radical (unpaired) electrons. The number of β-amino-alcohol motifs (C(OH)–C–C–N with tert-alkyl or cyclic N) is 1. The zero-order valence-corrected chi connectivity index (χ0v) is 13.0. The lowest BCUT2D eigenvalue weighted by atomic mass is 10.2. The van der Waals surface area contributed by atoms with Crippen LogP contribution in [0.4, 0.5) is 5.82 Å². The summed E-state index contributed by atoms with van der Waals surface area (Å²) in [5.41, 5.74) is 0.627. The van der Waals surface area contributed by atoms with Gasteiger partial charge in [0.2, 0.25) is 0 Å². The summed E-state index contributed by atoms with van der Waals surface area (Å²) in [6, 6.07) is 5.82. The van der Waals surface area contributed by atoms with Crippen molar-refractivity contribution < 1.29 is 5.11 Å². The van der Waals surface area contributed by atoms with Gasteiger partial charge in [-0.2, -0.15) is 5.26 Å². The van der Waals surface area contributed by atoms with E-state index in [1.165, 1.54) is 0 Å². The zero-order valence-electron chi connectivity index (χ0n) is 13.0. The van der Waals surface area contributed by atoms with Crippen molar-refractivity contribution in [3.8, 4) is 6.07 Å². The number of aliphatic hydroxyl groups is 1. The molecule has 0 aliphatic carbocycles. The van der Waals surface area contributed by atoms with Crippen molar-refractivity contribution in [1.82, 2.24) is 9.88 Å². The monoisotopic (exact) mass is 300 g/mol. The third-order valence-electron chi connectivity index (χ3n) is 3.97. The average Bonchev–Trinajstić information content (AvgIpc) is 2.78. The van der Waals surface area contributed by atoms with Crippen LogP contribution < -0.4 is 4.90 Å². The van der Waals surface area contributed by atoms with Crippen LogP contribution in [0.15, 0.2) is 31.0 Å². The van der Waals surface area contributed by atoms with Gasteiger partial charge in [-0.3, -0.25) is 4.90 Å². The van der Waals surface area contributed by atoms with E-state index in [1.54, 1.807) is 12.3 Å². The lowest BCUT2D eigenvalue weighted by molar-refractivity contribution is 0.110. The Bertz CT molecular complexity index is 526. The van der Waals surface area contributed by atoms with Crippen LogP contribution in [-0.4, -0.2) is 53.8 Å². The van der Waals surface area contributed by atoms with E-state index in [0.29, 0.717) is 12.1 Å². The van der Waals surface area contributed by atoms with Crippen molar-refractivity contribution >= 4 is 5.82 Å². The van der Waals surface area contributed by atoms with Crippen molar-refractivity contribution in [3.63, 3.8) is 0 Å². The molecule has 1 aromatic heterocycles. The highest BCUT2D eigenvalue weighted by Gasteiger charge is 2.19. The molecule has 2 heterocycles. The first-order valence-electron chi connectivity index (χ1n) is 7.86. The summed E-state index contributed by atoms with van der Waals surface area (Å²) in [5.74, 6) is 0.777. The summed E-state index contributed by atoms with van der Waals surface area (Å²) in [4.78, 5) is 8.84. The molecule has 0 spiro atoms. The molecule has 1 aliphatic rings. The summed E-state index contributed by atoms with van der Waals surface area (Å²) in [5, 5.41) is 19.2. The second-order valence-electron chi connectivity index (χ2n) is 5.65. The highest BCUT2D eigenvalue weighted by atomic mass is 16.3. The van der Waals surface area contributed by atoms with Gasteiger partial charge in [-0.05, 0) is 37.9 Å². The van der Waals surface area contributed by atoms with Gasteiger partial charge >= 0.3 is 0 Å². The number of rotatable bonds is 6. The molecule has 1 fully saturated rings. The maximum absolute atomic E-state index is 10.0. The minimum atomic E-state index is -0.297. The third kappa shape index (κ3) is 4.55. The first kappa shape index (κ1) is 16.5. The van der Waals surface area contributed by atoms with Crippen LogP contribution in [0.1, 0.15) is 24.8 Å². The smallest absolute Gasteiger partial charge is 0.146 e. The first-order valence-corrected chi connectivity index (χ1v) is 7.86. The number of aromatic nitrogens is 1. The molecule has 0 bridgehead atoms. The predicted octanol–water partition coefficient (Wildman–Crippen LogP) is 1.79. The Labute approximate surface area is 132 Å². The van der Waals surface area contributed by atoms with Crippen LogP contribution in [0, 0.1) is 11.3 Å². The van der Waals surface area contributed by atoms with E-state index in [9.17, 15) is 10.4 Å². The molecule has 0 aromatic carbocycles. The van der Waals surface area contributed by atoms with Gasteiger partial charge in [-0.25, -0.2) is 4.98 Å². The minimum Gasteiger partial charge on any atom is -0.392 e. The fourth-order valence-corrected chi connectivity index (χ4v) is 2.80. The largest absolute Gasteiger partial charge is 0.392 e. The number of pyridine rings is 1. The van der Waals surface area contributed by atoms with E-state index in [0.717, 1.165) is 51.3 Å². The van der Waals surface area contributed by atoms with E-state index < -0.39 is 0 Å². The van der Waals surface area contributed by atoms with Crippen molar-refractivity contribution in [2.45, 2.75) is 25.4 Å². The summed E-state index contributed by atoms with van der Waals surface area (Å²) in [6.07, 6.45) is 5.91. The Morgan fingerprint density at radius 2 is 2.27 bits per heavy atom. The Kier molecular flexibility index (Phi) is 6.38. The highest BCUT2D eigenvalue weighted by Crippen LogP contribution is 2.18. The van der Waals surface area contributed by atoms with Crippen LogP contribution in [0.5, 0.6) is 0 Å². The Morgan fingerprint density at radius 3 is 3.05 bits per heavy atom. The Balaban J connectivity index is 1.92. The molecule has 2 rings (SSSR count). The summed E-state index contributed by atoms with van der Waals surface area (Å²) in [7, 11) is 0. The van der Waals surface area contributed by atoms with Gasteiger partial charge in [-0.15, -0.1) is 6.58 Å². The van der Waals surface area contributed by atoms with Crippen LogP contribution >= 0.6 is 0 Å². The van der Waals surface area contributed by atoms with E-state index in [2.05, 4.69) is 27.4 Å². The van der Waals surface area contributed by atoms with Crippen LogP contribution in [-0.2, 0) is 0 Å². The van der Waals surface area contributed by atoms with Crippen LogP contribution in [0.3, 0.4) is 0 Å². The van der Waals surface area contributed by atoms with Crippen molar-refractivity contribution in [3.05, 3.63) is 36.5 Å². The van der Waals surface area contributed by atoms with Gasteiger partial charge in [0.1, 0.15) is 11.9 Å². The van der Waals surface area contributed by atoms with Crippen LogP contribution in [0.25, 0.3) is 0 Å². The Hall–Kier alpha value is -1.90. The molecular formula is C17H24N4O. The summed E-state index contributed by atoms with van der Waals surface area (Å²) >= 11 is 0. The lowest BCUT2D eigenvalue weighted by Gasteiger charge is -2.24. The van der Waals surface area contributed by atoms with Gasteiger partial charge in [0.15, 0.2) is 0 Å². The SMILES string of the molecule is C=CCCC(O)CN1CCCN(c2ncccc2C#N)CC1. The van der Waals surface area contributed by atoms with Crippen LogP contribution in [0.2, 0.25) is 0 Å². The number of anilines is 1. The van der Waals surface area contributed by atoms with E-state index in [4.69, 9.17) is 0 Å². The van der Waals surface area contributed by atoms with Gasteiger partial charge in [0.25, 0.3) is 0 Å². The van der Waals surface area contributed by atoms with Gasteiger partial charge in [-0.1, -0.05) is 6.08 Å². The topological polar surface area (TPSA) is 63.4 Å². The molecule has 0 saturated carbocycles. The van der Waals surface area contributed by atoms with E-state index in [1.807, 2.05) is 12.1 Å². The Morgan fingerprint density at radius 1 is 1.41 bits per heavy atom. The second-order valence-corrected chi connectivity index (χ2v) is 5.65. The molecule has 22 heavy (non-hydrogen) atoms. The van der Waals surface area contributed by atoms with Gasteiger partial charge in [0.05, 0.1) is 11.7 Å². The van der Waals surface area contributed by atoms with Crippen molar-refractivity contribution in [1.29, 1.82) is 5.26 Å². The number of nitrogens with zero attached hydrogens (tertiary/aromatic N) is 4. The minimum absolute atomic E-state index is 0.297. The fourth-order valence-electron chi connectivity index (χ4n) is 2.80. The normalized spacial score (nSPS) is 17.5. The summed E-state index contributed by atoms with van der Waals surface area (Å²) in [6.45, 7) is 7.97. The van der Waals surface area contributed by atoms with Gasteiger partial charge < -0.3 is 10.0 Å². The molecule has 5 heteroatoms. The highest BCUT2D eigenvalue weighted by molar-refractivity contribution is 5.53. The maximum atomic E-state index is 10.0. The molecule has 1 aromatic rings. The fraction of sp³-hybridized carbons (Fsp3) is 0.529. The number of nitriles is 1. The molecule has 5 nitrogen and oxygen atoms in total. The number of hydrogen-bond donors (Lipinski definition) is 1. The molecule has 1 unspecified atom stereocenters. The number of allylic oxidation sites excluding steroid dienone is 1. The molecule has 1 N–H and O–H groups in total. The second kappa shape index (κ2) is 8.52.